The fourth-order valence-corrected chi connectivity index (χ4v) is 4.02. The van der Waals surface area contributed by atoms with E-state index in [4.69, 9.17) is 0 Å². The minimum atomic E-state index is -3.60. The van der Waals surface area contributed by atoms with Gasteiger partial charge < -0.3 is 5.32 Å². The van der Waals surface area contributed by atoms with Crippen molar-refractivity contribution in [2.75, 3.05) is 10.6 Å². The summed E-state index contributed by atoms with van der Waals surface area (Å²) in [6.07, 6.45) is 2.06. The number of carbonyl (C=O) groups is 1. The standard InChI is InChI=1S/C20H26N2O3S/c1-5-17-11-13-18(14-12-17)15(2)21-20(23)16(3)22(26(4,24)25)19-9-7-6-8-10-19/h6-16H,5H2,1-4H3,(H,21,23)/t15-,16+/m0/s1. The van der Waals surface area contributed by atoms with Gasteiger partial charge >= 0.3 is 0 Å². The Bertz CT molecular complexity index is 833. The molecule has 0 aliphatic heterocycles. The van der Waals surface area contributed by atoms with Crippen LogP contribution in [0.1, 0.15) is 37.9 Å². The molecule has 0 saturated carbocycles. The number of nitrogens with one attached hydrogen (secondary N) is 1. The first-order valence-electron chi connectivity index (χ1n) is 8.67. The second-order valence-electron chi connectivity index (χ2n) is 6.40. The van der Waals surface area contributed by atoms with Crippen molar-refractivity contribution in [3.63, 3.8) is 0 Å². The summed E-state index contributed by atoms with van der Waals surface area (Å²) in [5.41, 5.74) is 2.68. The van der Waals surface area contributed by atoms with Crippen LogP contribution in [-0.2, 0) is 21.2 Å². The predicted octanol–water partition coefficient (Wildman–Crippen LogP) is 3.28. The molecule has 1 amide bonds. The molecule has 0 unspecified atom stereocenters. The molecular weight excluding hydrogens is 348 g/mol. The molecule has 0 aliphatic rings. The lowest BCUT2D eigenvalue weighted by Gasteiger charge is -2.29. The molecule has 1 N–H and O–H groups in total. The maximum absolute atomic E-state index is 12.7. The molecule has 26 heavy (non-hydrogen) atoms. The minimum Gasteiger partial charge on any atom is -0.348 e. The van der Waals surface area contributed by atoms with Crippen LogP contribution in [0.4, 0.5) is 5.69 Å². The second-order valence-corrected chi connectivity index (χ2v) is 8.26. The first-order valence-corrected chi connectivity index (χ1v) is 10.5. The van der Waals surface area contributed by atoms with Gasteiger partial charge in [-0.15, -0.1) is 0 Å². The van der Waals surface area contributed by atoms with E-state index in [1.807, 2.05) is 31.2 Å². The van der Waals surface area contributed by atoms with Gasteiger partial charge in [0.25, 0.3) is 0 Å². The summed E-state index contributed by atoms with van der Waals surface area (Å²) < 4.78 is 25.6. The number of hydrogen-bond donors (Lipinski definition) is 1. The highest BCUT2D eigenvalue weighted by Crippen LogP contribution is 2.21. The lowest BCUT2D eigenvalue weighted by Crippen LogP contribution is -2.48. The third-order valence-corrected chi connectivity index (χ3v) is 5.59. The first kappa shape index (κ1) is 20.0. The van der Waals surface area contributed by atoms with Crippen molar-refractivity contribution in [3.05, 3.63) is 65.7 Å². The van der Waals surface area contributed by atoms with Crippen LogP contribution in [0, 0.1) is 0 Å². The van der Waals surface area contributed by atoms with Crippen molar-refractivity contribution >= 4 is 21.6 Å². The third-order valence-electron chi connectivity index (χ3n) is 4.35. The topological polar surface area (TPSA) is 66.5 Å². The van der Waals surface area contributed by atoms with Crippen LogP contribution in [0.5, 0.6) is 0 Å². The number of amides is 1. The van der Waals surface area contributed by atoms with E-state index in [1.165, 1.54) is 5.56 Å². The highest BCUT2D eigenvalue weighted by atomic mass is 32.2. The molecule has 2 aromatic carbocycles. The van der Waals surface area contributed by atoms with Crippen LogP contribution in [0.2, 0.25) is 0 Å². The van der Waals surface area contributed by atoms with Crippen LogP contribution >= 0.6 is 0 Å². The maximum Gasteiger partial charge on any atom is 0.244 e. The van der Waals surface area contributed by atoms with Crippen molar-refractivity contribution < 1.29 is 13.2 Å². The Morgan fingerprint density at radius 3 is 2.12 bits per heavy atom. The van der Waals surface area contributed by atoms with Crippen molar-refractivity contribution in [3.8, 4) is 0 Å². The average molecular weight is 375 g/mol. The second kappa shape index (κ2) is 8.36. The Labute approximate surface area is 156 Å². The van der Waals surface area contributed by atoms with Crippen molar-refractivity contribution in [1.82, 2.24) is 5.32 Å². The number of nitrogens with zero attached hydrogens (tertiary/aromatic N) is 1. The number of rotatable bonds is 7. The van der Waals surface area contributed by atoms with Crippen LogP contribution in [0.3, 0.4) is 0 Å². The summed E-state index contributed by atoms with van der Waals surface area (Å²) >= 11 is 0. The van der Waals surface area contributed by atoms with Gasteiger partial charge in [-0.3, -0.25) is 9.10 Å². The zero-order chi connectivity index (χ0) is 19.3. The van der Waals surface area contributed by atoms with Crippen molar-refractivity contribution in [2.24, 2.45) is 0 Å². The molecule has 2 rings (SSSR count). The number of hydrogen-bond acceptors (Lipinski definition) is 3. The fraction of sp³-hybridized carbons (Fsp3) is 0.350. The molecule has 0 spiro atoms. The number of carbonyl (C=O) groups excluding carboxylic acids is 1. The monoisotopic (exact) mass is 374 g/mol. The van der Waals surface area contributed by atoms with E-state index < -0.39 is 16.1 Å². The fourth-order valence-electron chi connectivity index (χ4n) is 2.84. The van der Waals surface area contributed by atoms with E-state index in [2.05, 4.69) is 12.2 Å². The minimum absolute atomic E-state index is 0.215. The number of aryl methyl sites for hydroxylation is 1. The summed E-state index contributed by atoms with van der Waals surface area (Å²) in [5.74, 6) is -0.341. The Morgan fingerprint density at radius 2 is 1.62 bits per heavy atom. The van der Waals surface area contributed by atoms with Gasteiger partial charge in [0, 0.05) is 0 Å². The van der Waals surface area contributed by atoms with E-state index in [1.54, 1.807) is 37.3 Å². The van der Waals surface area contributed by atoms with Gasteiger partial charge in [0.15, 0.2) is 0 Å². The number of sulfonamides is 1. The van der Waals surface area contributed by atoms with Gasteiger partial charge in [-0.25, -0.2) is 8.42 Å². The van der Waals surface area contributed by atoms with E-state index in [0.717, 1.165) is 22.5 Å². The predicted molar refractivity (Wildman–Crippen MR) is 106 cm³/mol. The summed E-state index contributed by atoms with van der Waals surface area (Å²) in [6, 6.07) is 15.6. The zero-order valence-corrected chi connectivity index (χ0v) is 16.5. The van der Waals surface area contributed by atoms with Crippen molar-refractivity contribution in [2.45, 2.75) is 39.3 Å². The molecule has 0 aromatic heterocycles. The smallest absolute Gasteiger partial charge is 0.244 e. The van der Waals surface area contributed by atoms with Crippen LogP contribution in [0.25, 0.3) is 0 Å². The highest BCUT2D eigenvalue weighted by molar-refractivity contribution is 7.92. The number of anilines is 1. The van der Waals surface area contributed by atoms with Gasteiger partial charge in [-0.2, -0.15) is 0 Å². The first-order chi connectivity index (χ1) is 12.2. The van der Waals surface area contributed by atoms with Crippen molar-refractivity contribution in [1.29, 1.82) is 0 Å². The van der Waals surface area contributed by atoms with Gasteiger partial charge in [0.05, 0.1) is 18.0 Å². The largest absolute Gasteiger partial charge is 0.348 e. The third kappa shape index (κ3) is 4.85. The molecule has 0 bridgehead atoms. The van der Waals surface area contributed by atoms with E-state index in [0.29, 0.717) is 5.69 Å². The van der Waals surface area contributed by atoms with Gasteiger partial charge in [-0.1, -0.05) is 49.4 Å². The molecule has 0 saturated heterocycles. The summed E-state index contributed by atoms with van der Waals surface area (Å²) in [4.78, 5) is 12.7. The molecule has 2 aromatic rings. The van der Waals surface area contributed by atoms with E-state index in [9.17, 15) is 13.2 Å². The zero-order valence-electron chi connectivity index (χ0n) is 15.6. The normalized spacial score (nSPS) is 13.7. The van der Waals surface area contributed by atoms with Gasteiger partial charge in [-0.05, 0) is 43.5 Å². The van der Waals surface area contributed by atoms with Crippen LogP contribution in [-0.4, -0.2) is 26.6 Å². The lowest BCUT2D eigenvalue weighted by atomic mass is 10.0. The lowest BCUT2D eigenvalue weighted by molar-refractivity contribution is -0.122. The van der Waals surface area contributed by atoms with Crippen LogP contribution in [0.15, 0.2) is 54.6 Å². The highest BCUT2D eigenvalue weighted by Gasteiger charge is 2.29. The molecule has 0 fully saturated rings. The van der Waals surface area contributed by atoms with E-state index >= 15 is 0 Å². The Kier molecular flexibility index (Phi) is 6.42. The molecule has 5 nitrogen and oxygen atoms in total. The summed E-state index contributed by atoms with van der Waals surface area (Å²) in [6.45, 7) is 5.57. The SMILES string of the molecule is CCc1ccc([C@H](C)NC(=O)[C@@H](C)N(c2ccccc2)S(C)(=O)=O)cc1. The average Bonchev–Trinajstić information content (AvgIpc) is 2.61. The summed E-state index contributed by atoms with van der Waals surface area (Å²) in [7, 11) is -3.60. The quantitative estimate of drug-likeness (QED) is 0.809. The molecule has 140 valence electrons. The molecule has 2 atom stereocenters. The Morgan fingerprint density at radius 1 is 1.04 bits per heavy atom. The summed E-state index contributed by atoms with van der Waals surface area (Å²) in [5, 5.41) is 2.91. The van der Waals surface area contributed by atoms with Gasteiger partial charge in [0.2, 0.25) is 15.9 Å². The Hall–Kier alpha value is -2.34. The number of benzene rings is 2. The molecular formula is C20H26N2O3S. The van der Waals surface area contributed by atoms with E-state index in [-0.39, 0.29) is 11.9 Å². The Balaban J connectivity index is 2.18. The maximum atomic E-state index is 12.7. The molecule has 0 aliphatic carbocycles. The molecule has 0 radical (unpaired) electrons. The van der Waals surface area contributed by atoms with Gasteiger partial charge in [0.1, 0.15) is 6.04 Å². The number of para-hydroxylation sites is 1. The molecule has 6 heteroatoms. The molecule has 0 heterocycles. The van der Waals surface area contributed by atoms with Crippen LogP contribution < -0.4 is 9.62 Å².